The molecule has 3 rings (SSSR count). The molecule has 5 nitrogen and oxygen atoms in total. The molecule has 1 saturated carbocycles. The number of hydrogen-bond donors (Lipinski definition) is 1. The normalized spacial score (nSPS) is 17.0. The van der Waals surface area contributed by atoms with Gasteiger partial charge in [-0.25, -0.2) is 0 Å². The summed E-state index contributed by atoms with van der Waals surface area (Å²) in [7, 11) is 1.62. The van der Waals surface area contributed by atoms with Crippen molar-refractivity contribution >= 4 is 15.9 Å². The third kappa shape index (κ3) is 2.15. The van der Waals surface area contributed by atoms with Crippen LogP contribution in [-0.2, 0) is 5.54 Å². The van der Waals surface area contributed by atoms with Crippen LogP contribution in [0.4, 0.5) is 0 Å². The molecule has 0 aliphatic heterocycles. The van der Waals surface area contributed by atoms with Gasteiger partial charge in [0.1, 0.15) is 5.75 Å². The van der Waals surface area contributed by atoms with Crippen LogP contribution in [0.5, 0.6) is 5.75 Å². The Bertz CT molecular complexity index is 608. The number of nitrogens with two attached hydrogens (primary N) is 1. The summed E-state index contributed by atoms with van der Waals surface area (Å²) in [6.45, 7) is 0. The van der Waals surface area contributed by atoms with E-state index >= 15 is 0 Å². The van der Waals surface area contributed by atoms with Crippen LogP contribution in [0.25, 0.3) is 11.5 Å². The van der Waals surface area contributed by atoms with Gasteiger partial charge in [0.05, 0.1) is 17.1 Å². The molecule has 1 fully saturated rings. The summed E-state index contributed by atoms with van der Waals surface area (Å²) in [5.41, 5.74) is 6.62. The molecule has 2 N–H and O–H groups in total. The topological polar surface area (TPSA) is 74.2 Å². The number of aromatic nitrogens is 2. The number of benzene rings is 1. The Morgan fingerprint density at radius 3 is 2.79 bits per heavy atom. The van der Waals surface area contributed by atoms with Gasteiger partial charge in [0.25, 0.3) is 5.89 Å². The number of nitrogens with zero attached hydrogens (tertiary/aromatic N) is 2. The Hall–Kier alpha value is -1.40. The first-order valence-corrected chi connectivity index (χ1v) is 6.89. The van der Waals surface area contributed by atoms with Crippen molar-refractivity contribution in [1.82, 2.24) is 10.1 Å². The lowest BCUT2D eigenvalue weighted by molar-refractivity contribution is 0.229. The molecule has 0 saturated heterocycles. The van der Waals surface area contributed by atoms with E-state index in [1.54, 1.807) is 7.11 Å². The predicted octanol–water partition coefficient (Wildman–Crippen LogP) is 2.85. The van der Waals surface area contributed by atoms with E-state index in [1.807, 2.05) is 18.2 Å². The van der Waals surface area contributed by atoms with Crippen molar-refractivity contribution in [3.8, 4) is 17.2 Å². The smallest absolute Gasteiger partial charge is 0.258 e. The van der Waals surface area contributed by atoms with Crippen molar-refractivity contribution in [2.75, 3.05) is 7.11 Å². The number of halogens is 1. The first kappa shape index (κ1) is 12.6. The highest BCUT2D eigenvalue weighted by molar-refractivity contribution is 9.10. The monoisotopic (exact) mass is 323 g/mol. The van der Waals surface area contributed by atoms with Gasteiger partial charge in [-0.3, -0.25) is 0 Å². The Labute approximate surface area is 119 Å². The Morgan fingerprint density at radius 2 is 2.21 bits per heavy atom. The highest BCUT2D eigenvalue weighted by Gasteiger charge is 2.39. The second-order valence-electron chi connectivity index (χ2n) is 4.78. The van der Waals surface area contributed by atoms with Crippen LogP contribution in [0.3, 0.4) is 0 Å². The number of hydrogen-bond acceptors (Lipinski definition) is 5. The second-order valence-corrected chi connectivity index (χ2v) is 5.64. The lowest BCUT2D eigenvalue weighted by atomic mass is 9.77. The molecule has 0 unspecified atom stereocenters. The van der Waals surface area contributed by atoms with Gasteiger partial charge in [-0.05, 0) is 53.4 Å². The van der Waals surface area contributed by atoms with Crippen LogP contribution in [0.2, 0.25) is 0 Å². The summed E-state index contributed by atoms with van der Waals surface area (Å²) >= 11 is 3.44. The third-order valence-electron chi connectivity index (χ3n) is 3.52. The van der Waals surface area contributed by atoms with Gasteiger partial charge >= 0.3 is 0 Å². The van der Waals surface area contributed by atoms with Gasteiger partial charge in [0, 0.05) is 5.56 Å². The summed E-state index contributed by atoms with van der Waals surface area (Å²) in [4.78, 5) is 4.41. The fraction of sp³-hybridized carbons (Fsp3) is 0.385. The maximum atomic E-state index is 6.18. The number of ether oxygens (including phenoxy) is 1. The van der Waals surface area contributed by atoms with E-state index in [4.69, 9.17) is 15.0 Å². The summed E-state index contributed by atoms with van der Waals surface area (Å²) in [5.74, 6) is 1.84. The molecule has 1 aliphatic carbocycles. The minimum absolute atomic E-state index is 0.397. The van der Waals surface area contributed by atoms with Crippen molar-refractivity contribution in [1.29, 1.82) is 0 Å². The minimum Gasteiger partial charge on any atom is -0.496 e. The molecule has 0 bridgehead atoms. The molecular weight excluding hydrogens is 310 g/mol. The van der Waals surface area contributed by atoms with Crippen LogP contribution in [-0.4, -0.2) is 17.3 Å². The molecule has 0 atom stereocenters. The molecule has 1 aromatic heterocycles. The van der Waals surface area contributed by atoms with Crippen molar-refractivity contribution in [2.24, 2.45) is 5.73 Å². The zero-order chi connectivity index (χ0) is 13.5. The van der Waals surface area contributed by atoms with Gasteiger partial charge in [-0.2, -0.15) is 4.98 Å². The zero-order valence-corrected chi connectivity index (χ0v) is 12.1. The molecule has 0 amide bonds. The van der Waals surface area contributed by atoms with Crippen LogP contribution >= 0.6 is 15.9 Å². The standard InChI is InChI=1S/C13H14BrN3O2/c1-18-10-4-3-8(7-9(10)14)11-16-12(17-19-11)13(15)5-2-6-13/h3-4,7H,2,5-6,15H2,1H3. The minimum atomic E-state index is -0.397. The molecule has 1 heterocycles. The van der Waals surface area contributed by atoms with E-state index in [0.29, 0.717) is 11.7 Å². The third-order valence-corrected chi connectivity index (χ3v) is 4.14. The molecule has 1 aromatic carbocycles. The molecule has 2 aromatic rings. The molecule has 19 heavy (non-hydrogen) atoms. The highest BCUT2D eigenvalue weighted by Crippen LogP contribution is 2.38. The maximum Gasteiger partial charge on any atom is 0.258 e. The molecule has 1 aliphatic rings. The van der Waals surface area contributed by atoms with Gasteiger partial charge in [-0.15, -0.1) is 0 Å². The first-order valence-electron chi connectivity index (χ1n) is 6.09. The molecule has 0 radical (unpaired) electrons. The van der Waals surface area contributed by atoms with Crippen LogP contribution in [0.15, 0.2) is 27.2 Å². The zero-order valence-electron chi connectivity index (χ0n) is 10.5. The Kier molecular flexibility index (Phi) is 3.06. The average molecular weight is 324 g/mol. The summed E-state index contributed by atoms with van der Waals surface area (Å²) in [5, 5.41) is 4.00. The van der Waals surface area contributed by atoms with Crippen molar-refractivity contribution in [3.05, 3.63) is 28.5 Å². The quantitative estimate of drug-likeness (QED) is 0.940. The van der Waals surface area contributed by atoms with E-state index in [1.165, 1.54) is 0 Å². The van der Waals surface area contributed by atoms with Crippen molar-refractivity contribution < 1.29 is 9.26 Å². The molecule has 6 heteroatoms. The first-order chi connectivity index (χ1) is 9.12. The molecule has 0 spiro atoms. The largest absolute Gasteiger partial charge is 0.496 e. The van der Waals surface area contributed by atoms with Gasteiger partial charge < -0.3 is 15.0 Å². The fourth-order valence-electron chi connectivity index (χ4n) is 2.12. The maximum absolute atomic E-state index is 6.18. The van der Waals surface area contributed by atoms with Crippen molar-refractivity contribution in [2.45, 2.75) is 24.8 Å². The summed E-state index contributed by atoms with van der Waals surface area (Å²) in [6.07, 6.45) is 2.95. The van der Waals surface area contributed by atoms with E-state index in [2.05, 4.69) is 26.1 Å². The Morgan fingerprint density at radius 1 is 1.42 bits per heavy atom. The molecular formula is C13H14BrN3O2. The Balaban J connectivity index is 1.92. The fourth-order valence-corrected chi connectivity index (χ4v) is 2.66. The number of rotatable bonds is 3. The van der Waals surface area contributed by atoms with Crippen LogP contribution < -0.4 is 10.5 Å². The lowest BCUT2D eigenvalue weighted by Gasteiger charge is -2.34. The van der Waals surface area contributed by atoms with E-state index in [-0.39, 0.29) is 0 Å². The van der Waals surface area contributed by atoms with Gasteiger partial charge in [-0.1, -0.05) is 5.16 Å². The summed E-state index contributed by atoms with van der Waals surface area (Å²) in [6, 6.07) is 5.62. The van der Waals surface area contributed by atoms with Crippen LogP contribution in [0, 0.1) is 0 Å². The van der Waals surface area contributed by atoms with Crippen molar-refractivity contribution in [3.63, 3.8) is 0 Å². The lowest BCUT2D eigenvalue weighted by Crippen LogP contribution is -2.44. The number of methoxy groups -OCH3 is 1. The van der Waals surface area contributed by atoms with E-state index in [0.717, 1.165) is 35.0 Å². The van der Waals surface area contributed by atoms with Crippen LogP contribution in [0.1, 0.15) is 25.1 Å². The van der Waals surface area contributed by atoms with E-state index in [9.17, 15) is 0 Å². The molecule has 100 valence electrons. The second kappa shape index (κ2) is 4.61. The predicted molar refractivity (Wildman–Crippen MR) is 73.7 cm³/mol. The van der Waals surface area contributed by atoms with Gasteiger partial charge in [0.2, 0.25) is 0 Å². The van der Waals surface area contributed by atoms with Gasteiger partial charge in [0.15, 0.2) is 5.82 Å². The average Bonchev–Trinajstić information content (AvgIpc) is 2.85. The summed E-state index contributed by atoms with van der Waals surface area (Å²) < 4.78 is 11.3. The highest BCUT2D eigenvalue weighted by atomic mass is 79.9. The van der Waals surface area contributed by atoms with E-state index < -0.39 is 5.54 Å². The SMILES string of the molecule is COc1ccc(-c2nc(C3(N)CCC3)no2)cc1Br.